The third-order valence-electron chi connectivity index (χ3n) is 4.73. The first-order valence-corrected chi connectivity index (χ1v) is 8.88. The van der Waals surface area contributed by atoms with Gasteiger partial charge in [0.2, 0.25) is 0 Å². The Hall–Kier alpha value is -3.74. The normalized spacial score (nSPS) is 12.9. The second kappa shape index (κ2) is 6.45. The first kappa shape index (κ1) is 16.4. The molecule has 0 unspecified atom stereocenters. The molecule has 0 spiro atoms. The molecule has 28 heavy (non-hydrogen) atoms. The average Bonchev–Trinajstić information content (AvgIpc) is 3.18. The maximum absolute atomic E-state index is 12.6. The molecule has 7 heteroatoms. The number of rotatable bonds is 3. The van der Waals surface area contributed by atoms with Crippen molar-refractivity contribution in [2.24, 2.45) is 0 Å². The van der Waals surface area contributed by atoms with Crippen LogP contribution in [-0.4, -0.2) is 34.9 Å². The Bertz CT molecular complexity index is 1240. The standard InChI is InChI=1S/C21H17N3O4/c1-26-15-4-2-3-13(9-15)16-12-22-24-20(25)11-17(23-21(16)24)14-5-6-18-19(10-14)28-8-7-27-18/h2-6,9-12,23H,7-8H2,1H3. The zero-order chi connectivity index (χ0) is 19.1. The minimum atomic E-state index is -0.215. The maximum atomic E-state index is 12.6. The molecule has 0 saturated heterocycles. The van der Waals surface area contributed by atoms with Gasteiger partial charge in [-0.3, -0.25) is 4.79 Å². The van der Waals surface area contributed by atoms with Crippen molar-refractivity contribution in [1.82, 2.24) is 14.6 Å². The molecule has 0 bridgehead atoms. The van der Waals surface area contributed by atoms with Crippen molar-refractivity contribution in [3.63, 3.8) is 0 Å². The van der Waals surface area contributed by atoms with Gasteiger partial charge in [-0.1, -0.05) is 12.1 Å². The zero-order valence-electron chi connectivity index (χ0n) is 15.1. The number of ether oxygens (including phenoxy) is 3. The van der Waals surface area contributed by atoms with Crippen LogP contribution in [0.2, 0.25) is 0 Å². The summed E-state index contributed by atoms with van der Waals surface area (Å²) >= 11 is 0. The lowest BCUT2D eigenvalue weighted by molar-refractivity contribution is 0.171. The van der Waals surface area contributed by atoms with E-state index in [0.717, 1.165) is 22.4 Å². The van der Waals surface area contributed by atoms with E-state index in [1.54, 1.807) is 13.3 Å². The van der Waals surface area contributed by atoms with Crippen molar-refractivity contribution in [2.45, 2.75) is 0 Å². The Morgan fingerprint density at radius 1 is 1.04 bits per heavy atom. The van der Waals surface area contributed by atoms with Crippen LogP contribution in [0.4, 0.5) is 0 Å². The number of hydrogen-bond donors (Lipinski definition) is 1. The van der Waals surface area contributed by atoms with Crippen LogP contribution in [0.5, 0.6) is 17.2 Å². The van der Waals surface area contributed by atoms with Crippen molar-refractivity contribution < 1.29 is 14.2 Å². The Labute approximate surface area is 160 Å². The highest BCUT2D eigenvalue weighted by molar-refractivity contribution is 5.79. The SMILES string of the molecule is COc1cccc(-c2cnn3c(=O)cc(-c4ccc5c(c4)OCCO5)[nH]c23)c1. The molecule has 0 radical (unpaired) electrons. The molecule has 1 aliphatic rings. The number of aromatic nitrogens is 3. The van der Waals surface area contributed by atoms with Crippen LogP contribution in [0.1, 0.15) is 0 Å². The molecule has 0 amide bonds. The van der Waals surface area contributed by atoms with Crippen LogP contribution in [0.3, 0.4) is 0 Å². The van der Waals surface area contributed by atoms with Gasteiger partial charge in [-0.15, -0.1) is 0 Å². The van der Waals surface area contributed by atoms with Crippen molar-refractivity contribution in [3.05, 3.63) is 65.1 Å². The summed E-state index contributed by atoms with van der Waals surface area (Å²) in [7, 11) is 1.62. The van der Waals surface area contributed by atoms with Crippen LogP contribution >= 0.6 is 0 Å². The molecular weight excluding hydrogens is 358 g/mol. The van der Waals surface area contributed by atoms with Crippen LogP contribution < -0.4 is 19.8 Å². The summed E-state index contributed by atoms with van der Waals surface area (Å²) in [6, 6.07) is 14.8. The third-order valence-corrected chi connectivity index (χ3v) is 4.73. The van der Waals surface area contributed by atoms with Gasteiger partial charge >= 0.3 is 0 Å². The molecule has 0 saturated carbocycles. The first-order valence-electron chi connectivity index (χ1n) is 8.88. The van der Waals surface area contributed by atoms with Crippen molar-refractivity contribution in [1.29, 1.82) is 0 Å². The monoisotopic (exact) mass is 375 g/mol. The molecule has 2 aromatic heterocycles. The number of H-pyrrole nitrogens is 1. The lowest BCUT2D eigenvalue weighted by Gasteiger charge is -2.18. The largest absolute Gasteiger partial charge is 0.497 e. The summed E-state index contributed by atoms with van der Waals surface area (Å²) in [6.45, 7) is 1.05. The molecular formula is C21H17N3O4. The summed E-state index contributed by atoms with van der Waals surface area (Å²) < 4.78 is 17.9. The van der Waals surface area contributed by atoms with Gasteiger partial charge in [0.05, 0.1) is 19.0 Å². The fraction of sp³-hybridized carbons (Fsp3) is 0.143. The molecule has 0 aliphatic carbocycles. The third kappa shape index (κ3) is 2.68. The minimum Gasteiger partial charge on any atom is -0.497 e. The number of nitrogens with one attached hydrogen (secondary N) is 1. The highest BCUT2D eigenvalue weighted by Crippen LogP contribution is 2.34. The van der Waals surface area contributed by atoms with Crippen LogP contribution in [-0.2, 0) is 0 Å². The van der Waals surface area contributed by atoms with Crippen LogP contribution in [0, 0.1) is 0 Å². The van der Waals surface area contributed by atoms with E-state index in [1.807, 2.05) is 42.5 Å². The number of hydrogen-bond acceptors (Lipinski definition) is 5. The lowest BCUT2D eigenvalue weighted by atomic mass is 10.1. The first-order chi connectivity index (χ1) is 13.7. The van der Waals surface area contributed by atoms with Gasteiger partial charge in [0.25, 0.3) is 5.56 Å². The number of fused-ring (bicyclic) bond motifs is 2. The highest BCUT2D eigenvalue weighted by Gasteiger charge is 2.15. The molecule has 1 N–H and O–H groups in total. The molecule has 2 aromatic carbocycles. The fourth-order valence-corrected chi connectivity index (χ4v) is 3.35. The van der Waals surface area contributed by atoms with Gasteiger partial charge in [0.1, 0.15) is 24.6 Å². The zero-order valence-corrected chi connectivity index (χ0v) is 15.1. The molecule has 0 fully saturated rings. The summed E-state index contributed by atoms with van der Waals surface area (Å²) in [5.41, 5.74) is 3.64. The number of aromatic amines is 1. The lowest BCUT2D eigenvalue weighted by Crippen LogP contribution is -2.16. The van der Waals surface area contributed by atoms with Gasteiger partial charge in [-0.2, -0.15) is 9.61 Å². The predicted molar refractivity (Wildman–Crippen MR) is 104 cm³/mol. The average molecular weight is 375 g/mol. The Morgan fingerprint density at radius 3 is 2.75 bits per heavy atom. The summed E-state index contributed by atoms with van der Waals surface area (Å²) in [5.74, 6) is 2.12. The second-order valence-electron chi connectivity index (χ2n) is 6.43. The molecule has 140 valence electrons. The topological polar surface area (TPSA) is 77.8 Å². The number of benzene rings is 2. The smallest absolute Gasteiger partial charge is 0.274 e. The quantitative estimate of drug-likeness (QED) is 0.595. The molecule has 4 aromatic rings. The van der Waals surface area contributed by atoms with Crippen molar-refractivity contribution in [3.8, 4) is 39.6 Å². The van der Waals surface area contributed by atoms with E-state index in [4.69, 9.17) is 14.2 Å². The van der Waals surface area contributed by atoms with Crippen molar-refractivity contribution >= 4 is 5.65 Å². The van der Waals surface area contributed by atoms with E-state index in [1.165, 1.54) is 10.6 Å². The van der Waals surface area contributed by atoms with E-state index < -0.39 is 0 Å². The molecule has 3 heterocycles. The minimum absolute atomic E-state index is 0.215. The van der Waals surface area contributed by atoms with Gasteiger partial charge < -0.3 is 19.2 Å². The summed E-state index contributed by atoms with van der Waals surface area (Å²) in [4.78, 5) is 16.0. The van der Waals surface area contributed by atoms with Gasteiger partial charge in [0.15, 0.2) is 11.5 Å². The highest BCUT2D eigenvalue weighted by atomic mass is 16.6. The molecule has 1 aliphatic heterocycles. The predicted octanol–water partition coefficient (Wildman–Crippen LogP) is 3.14. The Balaban J connectivity index is 1.66. The molecule has 5 rings (SSSR count). The fourth-order valence-electron chi connectivity index (χ4n) is 3.35. The molecule has 7 nitrogen and oxygen atoms in total. The van der Waals surface area contributed by atoms with E-state index in [0.29, 0.717) is 36.1 Å². The van der Waals surface area contributed by atoms with Gasteiger partial charge in [-0.25, -0.2) is 0 Å². The van der Waals surface area contributed by atoms with E-state index in [9.17, 15) is 4.79 Å². The van der Waals surface area contributed by atoms with E-state index >= 15 is 0 Å². The molecule has 0 atom stereocenters. The Kier molecular flexibility index (Phi) is 3.79. The number of nitrogens with zero attached hydrogens (tertiary/aromatic N) is 2. The number of methoxy groups -OCH3 is 1. The van der Waals surface area contributed by atoms with Gasteiger partial charge in [-0.05, 0) is 35.9 Å². The van der Waals surface area contributed by atoms with Crippen LogP contribution in [0.15, 0.2) is 59.5 Å². The van der Waals surface area contributed by atoms with Crippen molar-refractivity contribution in [2.75, 3.05) is 20.3 Å². The van der Waals surface area contributed by atoms with Crippen LogP contribution in [0.25, 0.3) is 28.0 Å². The van der Waals surface area contributed by atoms with Gasteiger partial charge in [0, 0.05) is 17.2 Å². The summed E-state index contributed by atoms with van der Waals surface area (Å²) in [6.07, 6.45) is 1.68. The Morgan fingerprint density at radius 2 is 1.89 bits per heavy atom. The summed E-state index contributed by atoms with van der Waals surface area (Å²) in [5, 5.41) is 4.24. The maximum Gasteiger partial charge on any atom is 0.274 e. The van der Waals surface area contributed by atoms with E-state index in [2.05, 4.69) is 10.1 Å². The van der Waals surface area contributed by atoms with E-state index in [-0.39, 0.29) is 5.56 Å². The second-order valence-corrected chi connectivity index (χ2v) is 6.43.